The molecule has 124 valence electrons. The molecular formula is C16H14BrN3O4. The van der Waals surface area contributed by atoms with Crippen LogP contribution in [0.1, 0.15) is 16.8 Å². The first kappa shape index (κ1) is 16.4. The summed E-state index contributed by atoms with van der Waals surface area (Å²) in [5.41, 5.74) is 0.401. The fourth-order valence-corrected chi connectivity index (χ4v) is 2.75. The van der Waals surface area contributed by atoms with Crippen LogP contribution in [0.3, 0.4) is 0 Å². The predicted molar refractivity (Wildman–Crippen MR) is 90.0 cm³/mol. The number of nitro benzene ring substituents is 1. The second-order valence-electron chi connectivity index (χ2n) is 5.40. The topological polar surface area (TPSA) is 85.6 Å². The van der Waals surface area contributed by atoms with Crippen LogP contribution in [0.15, 0.2) is 47.1 Å². The van der Waals surface area contributed by atoms with Crippen LogP contribution in [-0.2, 0) is 0 Å². The van der Waals surface area contributed by atoms with Crippen molar-refractivity contribution >= 4 is 27.5 Å². The third kappa shape index (κ3) is 3.70. The summed E-state index contributed by atoms with van der Waals surface area (Å²) >= 11 is 3.31. The standard InChI is InChI=1S/C16H14BrN3O4/c17-12-3-6-15(18-9-12)24-14-7-8-19(10-14)16(21)11-1-4-13(5-2-11)20(22)23/h1-6,9,14H,7-8,10H2. The summed E-state index contributed by atoms with van der Waals surface area (Å²) in [7, 11) is 0. The van der Waals surface area contributed by atoms with E-state index in [-0.39, 0.29) is 17.7 Å². The van der Waals surface area contributed by atoms with Crippen LogP contribution in [0, 0.1) is 10.1 Å². The second-order valence-corrected chi connectivity index (χ2v) is 6.31. The van der Waals surface area contributed by atoms with E-state index in [0.717, 1.165) is 10.9 Å². The number of benzene rings is 1. The highest BCUT2D eigenvalue weighted by Gasteiger charge is 2.28. The number of carbonyl (C=O) groups is 1. The molecule has 0 spiro atoms. The summed E-state index contributed by atoms with van der Waals surface area (Å²) in [6.45, 7) is 1.05. The molecule has 7 nitrogen and oxygen atoms in total. The van der Waals surface area contributed by atoms with Crippen LogP contribution in [0.4, 0.5) is 5.69 Å². The maximum Gasteiger partial charge on any atom is 0.269 e. The molecule has 1 fully saturated rings. The van der Waals surface area contributed by atoms with Gasteiger partial charge in [-0.3, -0.25) is 14.9 Å². The zero-order valence-corrected chi connectivity index (χ0v) is 14.2. The molecular weight excluding hydrogens is 378 g/mol. The Morgan fingerprint density at radius 1 is 1.29 bits per heavy atom. The minimum Gasteiger partial charge on any atom is -0.472 e. The molecule has 1 amide bonds. The van der Waals surface area contributed by atoms with Gasteiger partial charge in [0.1, 0.15) is 6.10 Å². The molecule has 0 radical (unpaired) electrons. The maximum atomic E-state index is 12.4. The van der Waals surface area contributed by atoms with Crippen LogP contribution in [0.25, 0.3) is 0 Å². The van der Waals surface area contributed by atoms with Gasteiger partial charge in [0.25, 0.3) is 11.6 Å². The summed E-state index contributed by atoms with van der Waals surface area (Å²) in [4.78, 5) is 28.5. The maximum absolute atomic E-state index is 12.4. The van der Waals surface area contributed by atoms with Crippen molar-refractivity contribution in [3.8, 4) is 5.88 Å². The van der Waals surface area contributed by atoms with Crippen LogP contribution >= 0.6 is 15.9 Å². The number of hydrogen-bond acceptors (Lipinski definition) is 5. The van der Waals surface area contributed by atoms with Gasteiger partial charge < -0.3 is 9.64 Å². The zero-order valence-electron chi connectivity index (χ0n) is 12.6. The van der Waals surface area contributed by atoms with E-state index in [0.29, 0.717) is 24.5 Å². The van der Waals surface area contributed by atoms with Crippen molar-refractivity contribution < 1.29 is 14.5 Å². The average molecular weight is 392 g/mol. The molecule has 0 aliphatic carbocycles. The summed E-state index contributed by atoms with van der Waals surface area (Å²) in [6.07, 6.45) is 2.27. The van der Waals surface area contributed by atoms with E-state index in [9.17, 15) is 14.9 Å². The van der Waals surface area contributed by atoms with E-state index >= 15 is 0 Å². The van der Waals surface area contributed by atoms with Crippen molar-refractivity contribution in [3.05, 3.63) is 62.7 Å². The zero-order chi connectivity index (χ0) is 17.1. The second kappa shape index (κ2) is 6.96. The molecule has 0 bridgehead atoms. The van der Waals surface area contributed by atoms with Gasteiger partial charge in [0.15, 0.2) is 0 Å². The summed E-state index contributed by atoms with van der Waals surface area (Å²) in [6, 6.07) is 9.24. The molecule has 24 heavy (non-hydrogen) atoms. The number of halogens is 1. The van der Waals surface area contributed by atoms with Gasteiger partial charge in [-0.05, 0) is 34.1 Å². The molecule has 3 rings (SSSR count). The fourth-order valence-electron chi connectivity index (χ4n) is 2.52. The minimum absolute atomic E-state index is 0.0319. The Hall–Kier alpha value is -2.48. The number of aromatic nitrogens is 1. The largest absolute Gasteiger partial charge is 0.472 e. The number of pyridine rings is 1. The molecule has 1 aromatic heterocycles. The number of ether oxygens (including phenoxy) is 1. The number of non-ortho nitro benzene ring substituents is 1. The normalized spacial score (nSPS) is 16.9. The first-order valence-electron chi connectivity index (χ1n) is 7.35. The van der Waals surface area contributed by atoms with Crippen LogP contribution in [-0.4, -0.2) is 39.9 Å². The van der Waals surface area contributed by atoms with Gasteiger partial charge in [-0.15, -0.1) is 0 Å². The fraction of sp³-hybridized carbons (Fsp3) is 0.250. The summed E-state index contributed by atoms with van der Waals surface area (Å²) in [5, 5.41) is 10.7. The Bertz CT molecular complexity index is 749. The van der Waals surface area contributed by atoms with Crippen LogP contribution in [0.2, 0.25) is 0 Å². The Morgan fingerprint density at radius 2 is 2.04 bits per heavy atom. The highest BCUT2D eigenvalue weighted by atomic mass is 79.9. The molecule has 0 N–H and O–H groups in total. The quantitative estimate of drug-likeness (QED) is 0.590. The predicted octanol–water partition coefficient (Wildman–Crippen LogP) is 3.05. The van der Waals surface area contributed by atoms with E-state index < -0.39 is 4.92 Å². The Labute approximate surface area is 146 Å². The van der Waals surface area contributed by atoms with E-state index in [2.05, 4.69) is 20.9 Å². The number of hydrogen-bond donors (Lipinski definition) is 0. The minimum atomic E-state index is -0.487. The monoisotopic (exact) mass is 391 g/mol. The number of amides is 1. The van der Waals surface area contributed by atoms with Crippen LogP contribution in [0.5, 0.6) is 5.88 Å². The lowest BCUT2D eigenvalue weighted by Gasteiger charge is -2.17. The van der Waals surface area contributed by atoms with Gasteiger partial charge in [-0.2, -0.15) is 0 Å². The molecule has 2 heterocycles. The Morgan fingerprint density at radius 3 is 2.67 bits per heavy atom. The van der Waals surface area contributed by atoms with Crippen molar-refractivity contribution in [2.75, 3.05) is 13.1 Å². The first-order chi connectivity index (χ1) is 11.5. The van der Waals surface area contributed by atoms with Gasteiger partial charge in [0, 0.05) is 47.4 Å². The lowest BCUT2D eigenvalue weighted by atomic mass is 10.2. The molecule has 1 aliphatic rings. The number of carbonyl (C=O) groups excluding carboxylic acids is 1. The average Bonchev–Trinajstić information content (AvgIpc) is 3.05. The van der Waals surface area contributed by atoms with Crippen molar-refractivity contribution in [1.82, 2.24) is 9.88 Å². The van der Waals surface area contributed by atoms with E-state index in [1.54, 1.807) is 17.2 Å². The van der Waals surface area contributed by atoms with Gasteiger partial charge in [-0.1, -0.05) is 0 Å². The molecule has 8 heteroatoms. The third-order valence-electron chi connectivity index (χ3n) is 3.74. The van der Waals surface area contributed by atoms with Gasteiger partial charge >= 0.3 is 0 Å². The lowest BCUT2D eigenvalue weighted by molar-refractivity contribution is -0.384. The number of nitrogens with zero attached hydrogens (tertiary/aromatic N) is 3. The molecule has 1 atom stereocenters. The third-order valence-corrected chi connectivity index (χ3v) is 4.21. The van der Waals surface area contributed by atoms with Gasteiger partial charge in [0.05, 0.1) is 11.5 Å². The summed E-state index contributed by atoms with van der Waals surface area (Å²) in [5.74, 6) is 0.368. The molecule has 2 aromatic rings. The SMILES string of the molecule is O=C(c1ccc([N+](=O)[O-])cc1)N1CCC(Oc2ccc(Br)cn2)C1. The van der Waals surface area contributed by atoms with E-state index in [1.807, 2.05) is 6.07 Å². The van der Waals surface area contributed by atoms with Crippen LogP contribution < -0.4 is 4.74 Å². The van der Waals surface area contributed by atoms with Crippen molar-refractivity contribution in [2.45, 2.75) is 12.5 Å². The number of likely N-dealkylation sites (tertiary alicyclic amines) is 1. The Kier molecular flexibility index (Phi) is 4.75. The highest BCUT2D eigenvalue weighted by molar-refractivity contribution is 9.10. The highest BCUT2D eigenvalue weighted by Crippen LogP contribution is 2.20. The molecule has 1 unspecified atom stereocenters. The lowest BCUT2D eigenvalue weighted by Crippen LogP contribution is -2.31. The van der Waals surface area contributed by atoms with Crippen molar-refractivity contribution in [1.29, 1.82) is 0 Å². The molecule has 1 aliphatic heterocycles. The van der Waals surface area contributed by atoms with Gasteiger partial charge in [-0.25, -0.2) is 4.98 Å². The molecule has 0 saturated carbocycles. The van der Waals surface area contributed by atoms with Crippen molar-refractivity contribution in [3.63, 3.8) is 0 Å². The smallest absolute Gasteiger partial charge is 0.269 e. The summed E-state index contributed by atoms with van der Waals surface area (Å²) < 4.78 is 6.65. The van der Waals surface area contributed by atoms with Crippen molar-refractivity contribution in [2.24, 2.45) is 0 Å². The van der Waals surface area contributed by atoms with E-state index in [4.69, 9.17) is 4.74 Å². The number of nitro groups is 1. The Balaban J connectivity index is 1.61. The first-order valence-corrected chi connectivity index (χ1v) is 8.14. The molecule has 1 saturated heterocycles. The van der Waals surface area contributed by atoms with Gasteiger partial charge in [0.2, 0.25) is 5.88 Å². The molecule has 1 aromatic carbocycles. The van der Waals surface area contributed by atoms with E-state index in [1.165, 1.54) is 24.3 Å². The number of rotatable bonds is 4.